The number of methoxy groups -OCH3 is 1. The number of nitrogens with one attached hydrogen (secondary N) is 3. The van der Waals surface area contributed by atoms with Gasteiger partial charge in [-0.15, -0.1) is 0 Å². The van der Waals surface area contributed by atoms with Crippen LogP contribution in [0.15, 0.2) is 65.5 Å². The smallest absolute Gasteiger partial charge is 0.229 e. The molecule has 19 heteroatoms. The fourth-order valence-corrected chi connectivity index (χ4v) is 12.0. The molecule has 2 amide bonds. The van der Waals surface area contributed by atoms with E-state index in [0.717, 1.165) is 102 Å². The fourth-order valence-electron chi connectivity index (χ4n) is 10.3. The minimum atomic E-state index is -2.78. The molecule has 15 nitrogen and oxygen atoms in total. The molecule has 4 aliphatic rings. The summed E-state index contributed by atoms with van der Waals surface area (Å²) in [4.78, 5) is 51.8. The van der Waals surface area contributed by atoms with Gasteiger partial charge in [0.05, 0.1) is 33.8 Å². The number of nitrogens with zero attached hydrogens (tertiary/aromatic N) is 8. The Kier molecular flexibility index (Phi) is 14.1. The van der Waals surface area contributed by atoms with Gasteiger partial charge in [0, 0.05) is 125 Å². The highest BCUT2D eigenvalue weighted by Gasteiger charge is 2.33. The van der Waals surface area contributed by atoms with E-state index in [0.29, 0.717) is 55.7 Å². The van der Waals surface area contributed by atoms with Crippen LogP contribution < -0.4 is 35.8 Å². The highest BCUT2D eigenvalue weighted by molar-refractivity contribution is 9.10. The van der Waals surface area contributed by atoms with E-state index in [1.54, 1.807) is 39.0 Å². The number of hydrogen-bond donors (Lipinski definition) is 3. The predicted molar refractivity (Wildman–Crippen MR) is 262 cm³/mol. The number of carbonyl (C=O) groups is 2. The largest absolute Gasteiger partial charge is 0.494 e. The van der Waals surface area contributed by atoms with Gasteiger partial charge in [0.25, 0.3) is 0 Å². The summed E-state index contributed by atoms with van der Waals surface area (Å²) < 4.78 is 51.0. The summed E-state index contributed by atoms with van der Waals surface area (Å²) in [6, 6.07) is 13.3. The second-order valence-corrected chi connectivity index (χ2v) is 22.4. The fraction of sp³-hybridized carbons (Fsp3) is 0.458. The summed E-state index contributed by atoms with van der Waals surface area (Å²) in [5.41, 5.74) is 4.07. The average Bonchev–Trinajstić information content (AvgIpc) is 3.31. The van der Waals surface area contributed by atoms with Crippen molar-refractivity contribution in [2.24, 2.45) is 0 Å². The maximum Gasteiger partial charge on any atom is 0.229 e. The molecule has 6 heterocycles. The molecule has 1 atom stereocenters. The third kappa shape index (κ3) is 10.6. The molecule has 5 aromatic rings. The van der Waals surface area contributed by atoms with Gasteiger partial charge in [-0.2, -0.15) is 4.98 Å². The Labute approximate surface area is 398 Å². The molecule has 3 N–H and O–H groups in total. The van der Waals surface area contributed by atoms with Crippen LogP contribution in [0, 0.1) is 11.6 Å². The van der Waals surface area contributed by atoms with E-state index in [2.05, 4.69) is 78.6 Å². The standard InChI is InChI=1S/C48H57BrF2N11O4P/c1-66-41-28-33(7-8-38(41)56-48-54-29-35(49)47(58-48)55-40-10-9-39-45(53-15-14-52-39)46(40)67(2,3)65)60-18-12-31(13-19-60)61-22-20-59(21-23-61)17-11-32-6-4-5-16-62(32)34-26-36(50)44(37(51)27-34)30-24-42(63)57-43(64)25-30/h7-10,14-15,26-32H,4-6,11-13,16-25H2,1-3H3,(H,57,63,64)(H2,54,55,56,58). The first-order chi connectivity index (χ1) is 32.3. The lowest BCUT2D eigenvalue weighted by atomic mass is 9.88. The molecule has 4 fully saturated rings. The van der Waals surface area contributed by atoms with E-state index in [1.165, 1.54) is 12.1 Å². The molecule has 1 unspecified atom stereocenters. The van der Waals surface area contributed by atoms with E-state index < -0.39 is 36.5 Å². The molecule has 2 aromatic heterocycles. The van der Waals surface area contributed by atoms with Crippen molar-refractivity contribution in [3.05, 3.63) is 82.7 Å². The number of amides is 2. The van der Waals surface area contributed by atoms with E-state index in [4.69, 9.17) is 9.72 Å². The number of benzene rings is 3. The highest BCUT2D eigenvalue weighted by atomic mass is 79.9. The number of piperidine rings is 3. The van der Waals surface area contributed by atoms with Crippen LogP contribution in [-0.4, -0.2) is 126 Å². The van der Waals surface area contributed by atoms with Gasteiger partial charge in [-0.05, 0) is 104 Å². The van der Waals surface area contributed by atoms with Gasteiger partial charge < -0.3 is 34.6 Å². The molecule has 9 rings (SSSR count). The molecule has 4 saturated heterocycles. The molecule has 0 radical (unpaired) electrons. The Bertz CT molecular complexity index is 2660. The zero-order valence-corrected chi connectivity index (χ0v) is 40.6. The van der Waals surface area contributed by atoms with Crippen LogP contribution in [0.4, 0.5) is 43.3 Å². The number of halogens is 3. The van der Waals surface area contributed by atoms with Gasteiger partial charge in [0.2, 0.25) is 17.8 Å². The van der Waals surface area contributed by atoms with E-state index in [9.17, 15) is 14.2 Å². The summed E-state index contributed by atoms with van der Waals surface area (Å²) in [7, 11) is -1.12. The first kappa shape index (κ1) is 46.8. The van der Waals surface area contributed by atoms with E-state index in [1.807, 2.05) is 18.2 Å². The summed E-state index contributed by atoms with van der Waals surface area (Å²) >= 11 is 3.58. The Hall–Kier alpha value is -5.29. The maximum absolute atomic E-state index is 15.5. The van der Waals surface area contributed by atoms with E-state index in [-0.39, 0.29) is 24.4 Å². The summed E-state index contributed by atoms with van der Waals surface area (Å²) in [6.07, 6.45) is 10.7. The Morgan fingerprint density at radius 2 is 1.55 bits per heavy atom. The van der Waals surface area contributed by atoms with Crippen molar-refractivity contribution in [1.29, 1.82) is 0 Å². The number of fused-ring (bicyclic) bond motifs is 1. The quantitative estimate of drug-likeness (QED) is 0.0776. The van der Waals surface area contributed by atoms with Crippen molar-refractivity contribution in [2.45, 2.75) is 69.4 Å². The minimum absolute atomic E-state index is 0.105. The Morgan fingerprint density at radius 3 is 2.27 bits per heavy atom. The van der Waals surface area contributed by atoms with Crippen molar-refractivity contribution in [3.8, 4) is 5.75 Å². The van der Waals surface area contributed by atoms with Gasteiger partial charge in [-0.25, -0.2) is 13.8 Å². The Morgan fingerprint density at radius 1 is 0.836 bits per heavy atom. The summed E-state index contributed by atoms with van der Waals surface area (Å²) in [5.74, 6) is -1.65. The van der Waals surface area contributed by atoms with Gasteiger partial charge in [-0.1, -0.05) is 0 Å². The topological polar surface area (TPSA) is 161 Å². The first-order valence-electron chi connectivity index (χ1n) is 23.1. The minimum Gasteiger partial charge on any atom is -0.494 e. The van der Waals surface area contributed by atoms with Crippen LogP contribution in [0.5, 0.6) is 5.75 Å². The molecular formula is C48H57BrF2N11O4P. The number of ether oxygens (including phenoxy) is 1. The number of imide groups is 1. The average molecular weight is 1000 g/mol. The number of anilines is 6. The van der Waals surface area contributed by atoms with Crippen molar-refractivity contribution < 1.29 is 27.7 Å². The number of hydrogen-bond acceptors (Lipinski definition) is 14. The van der Waals surface area contributed by atoms with Crippen LogP contribution in [0.3, 0.4) is 0 Å². The molecule has 0 spiro atoms. The number of piperazine rings is 1. The number of carbonyl (C=O) groups excluding carboxylic acids is 2. The van der Waals surface area contributed by atoms with Crippen molar-refractivity contribution in [3.63, 3.8) is 0 Å². The van der Waals surface area contributed by atoms with Crippen LogP contribution >= 0.6 is 23.1 Å². The normalized spacial score (nSPS) is 19.5. The van der Waals surface area contributed by atoms with Gasteiger partial charge in [0.1, 0.15) is 35.9 Å². The zero-order valence-electron chi connectivity index (χ0n) is 38.1. The third-order valence-electron chi connectivity index (χ3n) is 13.7. The summed E-state index contributed by atoms with van der Waals surface area (Å²) in [5, 5.41) is 9.51. The third-order valence-corrected chi connectivity index (χ3v) is 15.8. The lowest BCUT2D eigenvalue weighted by Crippen LogP contribution is -2.53. The lowest BCUT2D eigenvalue weighted by Gasteiger charge is -2.44. The first-order valence-corrected chi connectivity index (χ1v) is 26.5. The maximum atomic E-state index is 15.5. The number of aromatic nitrogens is 4. The van der Waals surface area contributed by atoms with Crippen LogP contribution in [0.1, 0.15) is 62.8 Å². The number of rotatable bonds is 13. The predicted octanol–water partition coefficient (Wildman–Crippen LogP) is 7.76. The van der Waals surface area contributed by atoms with Crippen LogP contribution in [-0.2, 0) is 14.2 Å². The van der Waals surface area contributed by atoms with Crippen LogP contribution in [0.2, 0.25) is 0 Å². The van der Waals surface area contributed by atoms with Gasteiger partial charge in [0.15, 0.2) is 0 Å². The van der Waals surface area contributed by atoms with Crippen LogP contribution in [0.25, 0.3) is 11.0 Å². The second kappa shape index (κ2) is 20.1. The highest BCUT2D eigenvalue weighted by Crippen LogP contribution is 2.42. The van der Waals surface area contributed by atoms with E-state index >= 15 is 8.78 Å². The SMILES string of the molecule is COc1cc(N2CCC(N3CCN(CCC4CCCCN4c4cc(F)c(C5CC(=O)NC(=O)C5)c(F)c4)CC3)CC2)ccc1Nc1ncc(Br)c(Nc2ccc3nccnc3c2P(C)(C)=O)n1. The molecule has 4 aliphatic heterocycles. The molecular weight excluding hydrogens is 943 g/mol. The molecule has 0 bridgehead atoms. The second-order valence-electron chi connectivity index (χ2n) is 18.4. The molecule has 0 saturated carbocycles. The zero-order chi connectivity index (χ0) is 46.8. The lowest BCUT2D eigenvalue weighted by molar-refractivity contribution is -0.133. The molecule has 0 aliphatic carbocycles. The monoisotopic (exact) mass is 999 g/mol. The summed E-state index contributed by atoms with van der Waals surface area (Å²) in [6.45, 7) is 11.0. The van der Waals surface area contributed by atoms with Crippen molar-refractivity contribution in [1.82, 2.24) is 35.1 Å². The molecule has 3 aromatic carbocycles. The Balaban J connectivity index is 0.765. The van der Waals surface area contributed by atoms with Gasteiger partial charge >= 0.3 is 0 Å². The molecule has 354 valence electrons. The van der Waals surface area contributed by atoms with Crippen molar-refractivity contribution >= 4 is 85.7 Å². The van der Waals surface area contributed by atoms with Crippen molar-refractivity contribution in [2.75, 3.05) is 93.2 Å². The van der Waals surface area contributed by atoms with Gasteiger partial charge in [-0.3, -0.25) is 29.8 Å². The molecule has 67 heavy (non-hydrogen) atoms.